The number of aromatic carboxylic acids is 1. The fourth-order valence-corrected chi connectivity index (χ4v) is 2.74. The van der Waals surface area contributed by atoms with Crippen LogP contribution in [0.25, 0.3) is 0 Å². The summed E-state index contributed by atoms with van der Waals surface area (Å²) in [6.07, 6.45) is 2.06. The van der Waals surface area contributed by atoms with Gasteiger partial charge < -0.3 is 9.52 Å². The predicted molar refractivity (Wildman–Crippen MR) is 65.4 cm³/mol. The Morgan fingerprint density at radius 2 is 2.20 bits per heavy atom. The SMILES string of the molecule is Cc1oc(C(=O)O)cc1S(=O)(=O)Nc1ccncc1F. The van der Waals surface area contributed by atoms with Crippen LogP contribution in [0.15, 0.2) is 33.8 Å². The molecule has 2 aromatic heterocycles. The van der Waals surface area contributed by atoms with Gasteiger partial charge in [-0.2, -0.15) is 0 Å². The third-order valence-electron chi connectivity index (χ3n) is 2.39. The lowest BCUT2D eigenvalue weighted by Crippen LogP contribution is -2.14. The van der Waals surface area contributed by atoms with E-state index in [0.717, 1.165) is 18.3 Å². The van der Waals surface area contributed by atoms with E-state index in [2.05, 4.69) is 4.98 Å². The van der Waals surface area contributed by atoms with E-state index < -0.39 is 27.6 Å². The number of aryl methyl sites for hydroxylation is 1. The van der Waals surface area contributed by atoms with Crippen molar-refractivity contribution in [3.05, 3.63) is 41.9 Å². The Labute approximate surface area is 113 Å². The molecular weight excluding hydrogens is 291 g/mol. The normalized spacial score (nSPS) is 11.3. The minimum absolute atomic E-state index is 0.107. The molecule has 0 spiro atoms. The van der Waals surface area contributed by atoms with Crippen molar-refractivity contribution in [2.45, 2.75) is 11.8 Å². The number of pyridine rings is 1. The lowest BCUT2D eigenvalue weighted by molar-refractivity contribution is 0.0661. The Bertz CT molecular complexity index is 769. The summed E-state index contributed by atoms with van der Waals surface area (Å²) < 4.78 is 44.3. The molecule has 7 nitrogen and oxygen atoms in total. The van der Waals surface area contributed by atoms with Crippen LogP contribution in [0.1, 0.15) is 16.3 Å². The van der Waals surface area contributed by atoms with E-state index in [4.69, 9.17) is 9.52 Å². The van der Waals surface area contributed by atoms with Crippen molar-refractivity contribution < 1.29 is 27.1 Å². The molecule has 2 heterocycles. The van der Waals surface area contributed by atoms with E-state index in [1.54, 1.807) is 0 Å². The molecule has 9 heteroatoms. The summed E-state index contributed by atoms with van der Waals surface area (Å²) >= 11 is 0. The van der Waals surface area contributed by atoms with Crippen molar-refractivity contribution in [2.24, 2.45) is 0 Å². The van der Waals surface area contributed by atoms with Crippen molar-refractivity contribution >= 4 is 21.7 Å². The highest BCUT2D eigenvalue weighted by Crippen LogP contribution is 2.23. The van der Waals surface area contributed by atoms with E-state index in [-0.39, 0.29) is 16.3 Å². The fraction of sp³-hybridized carbons (Fsp3) is 0.0909. The van der Waals surface area contributed by atoms with Crippen molar-refractivity contribution in [3.8, 4) is 0 Å². The number of hydrogen-bond donors (Lipinski definition) is 2. The van der Waals surface area contributed by atoms with Gasteiger partial charge in [-0.05, 0) is 13.0 Å². The van der Waals surface area contributed by atoms with Crippen LogP contribution >= 0.6 is 0 Å². The molecule has 106 valence electrons. The molecule has 0 saturated carbocycles. The van der Waals surface area contributed by atoms with Gasteiger partial charge in [0.2, 0.25) is 5.76 Å². The van der Waals surface area contributed by atoms with Crippen molar-refractivity contribution in [2.75, 3.05) is 4.72 Å². The highest BCUT2D eigenvalue weighted by atomic mass is 32.2. The van der Waals surface area contributed by atoms with E-state index >= 15 is 0 Å². The van der Waals surface area contributed by atoms with Gasteiger partial charge >= 0.3 is 5.97 Å². The first kappa shape index (κ1) is 14.0. The Balaban J connectivity index is 2.41. The van der Waals surface area contributed by atoms with Crippen LogP contribution in [-0.2, 0) is 10.0 Å². The Hall–Kier alpha value is -2.42. The van der Waals surface area contributed by atoms with E-state index in [1.807, 2.05) is 4.72 Å². The van der Waals surface area contributed by atoms with Crippen LogP contribution < -0.4 is 4.72 Å². The third kappa shape index (κ3) is 2.62. The van der Waals surface area contributed by atoms with E-state index in [0.29, 0.717) is 0 Å². The monoisotopic (exact) mass is 300 g/mol. The number of furan rings is 1. The maximum Gasteiger partial charge on any atom is 0.371 e. The van der Waals surface area contributed by atoms with Gasteiger partial charge in [-0.3, -0.25) is 9.71 Å². The quantitative estimate of drug-likeness (QED) is 0.888. The average Bonchev–Trinajstić information content (AvgIpc) is 2.75. The standard InChI is InChI=1S/C11H9FN2O5S/c1-6-10(4-9(19-6)11(15)16)20(17,18)14-8-2-3-13-5-7(8)12/h2-5H,1H3,(H,13,14)(H,15,16). The maximum absolute atomic E-state index is 13.4. The first-order valence-electron chi connectivity index (χ1n) is 5.27. The summed E-state index contributed by atoms with van der Waals surface area (Å²) in [5, 5.41) is 8.74. The minimum Gasteiger partial charge on any atom is -0.475 e. The molecule has 2 rings (SSSR count). The number of rotatable bonds is 4. The van der Waals surface area contributed by atoms with Crippen LogP contribution in [0.4, 0.5) is 10.1 Å². The van der Waals surface area contributed by atoms with Crippen molar-refractivity contribution in [1.82, 2.24) is 4.98 Å². The molecule has 0 aliphatic rings. The van der Waals surface area contributed by atoms with Gasteiger partial charge in [0.15, 0.2) is 5.82 Å². The zero-order valence-corrected chi connectivity index (χ0v) is 10.9. The van der Waals surface area contributed by atoms with E-state index in [1.165, 1.54) is 13.1 Å². The highest BCUT2D eigenvalue weighted by molar-refractivity contribution is 7.92. The molecule has 0 aliphatic heterocycles. The Morgan fingerprint density at radius 1 is 1.50 bits per heavy atom. The summed E-state index contributed by atoms with van der Waals surface area (Å²) in [5.74, 6) is -2.87. The topological polar surface area (TPSA) is 109 Å². The largest absolute Gasteiger partial charge is 0.475 e. The molecule has 0 radical (unpaired) electrons. The molecule has 0 amide bonds. The zero-order valence-electron chi connectivity index (χ0n) is 10.1. The van der Waals surface area contributed by atoms with Crippen molar-refractivity contribution in [3.63, 3.8) is 0 Å². The van der Waals surface area contributed by atoms with Crippen LogP contribution in [0.5, 0.6) is 0 Å². The molecule has 0 unspecified atom stereocenters. The van der Waals surface area contributed by atoms with Gasteiger partial charge in [0.05, 0.1) is 11.9 Å². The molecule has 20 heavy (non-hydrogen) atoms. The lowest BCUT2D eigenvalue weighted by atomic mass is 10.4. The number of carbonyl (C=O) groups is 1. The molecule has 0 aliphatic carbocycles. The Kier molecular flexibility index (Phi) is 3.45. The second-order valence-corrected chi connectivity index (χ2v) is 5.45. The summed E-state index contributed by atoms with van der Waals surface area (Å²) in [7, 11) is -4.15. The minimum atomic E-state index is -4.15. The maximum atomic E-state index is 13.4. The number of hydrogen-bond acceptors (Lipinski definition) is 5. The first-order chi connectivity index (χ1) is 9.31. The number of carboxylic acids is 1. The van der Waals surface area contributed by atoms with Crippen LogP contribution in [0.2, 0.25) is 0 Å². The van der Waals surface area contributed by atoms with Gasteiger partial charge in [0.1, 0.15) is 10.7 Å². The number of anilines is 1. The van der Waals surface area contributed by atoms with Gasteiger partial charge in [0, 0.05) is 12.3 Å². The molecule has 0 fully saturated rings. The molecular formula is C11H9FN2O5S. The highest BCUT2D eigenvalue weighted by Gasteiger charge is 2.24. The summed E-state index contributed by atoms with van der Waals surface area (Å²) in [4.78, 5) is 13.8. The fourth-order valence-electron chi connectivity index (χ4n) is 1.50. The zero-order chi connectivity index (χ0) is 14.9. The van der Waals surface area contributed by atoms with Crippen LogP contribution in [0, 0.1) is 12.7 Å². The smallest absolute Gasteiger partial charge is 0.371 e. The number of nitrogens with zero attached hydrogens (tertiary/aromatic N) is 1. The molecule has 0 bridgehead atoms. The molecule has 0 saturated heterocycles. The van der Waals surface area contributed by atoms with Gasteiger partial charge in [-0.15, -0.1) is 0 Å². The summed E-state index contributed by atoms with van der Waals surface area (Å²) in [5.41, 5.74) is -0.294. The molecule has 0 atom stereocenters. The second-order valence-electron chi connectivity index (χ2n) is 3.80. The average molecular weight is 300 g/mol. The number of aromatic nitrogens is 1. The van der Waals surface area contributed by atoms with Gasteiger partial charge in [0.25, 0.3) is 10.0 Å². The number of carboxylic acid groups (broad SMARTS) is 1. The van der Waals surface area contributed by atoms with E-state index in [9.17, 15) is 17.6 Å². The van der Waals surface area contributed by atoms with Crippen LogP contribution in [0.3, 0.4) is 0 Å². The predicted octanol–water partition coefficient (Wildman–Crippen LogP) is 1.62. The molecule has 0 aromatic carbocycles. The summed E-state index contributed by atoms with van der Waals surface area (Å²) in [6, 6.07) is 2.00. The van der Waals surface area contributed by atoms with Crippen molar-refractivity contribution in [1.29, 1.82) is 0 Å². The number of sulfonamides is 1. The lowest BCUT2D eigenvalue weighted by Gasteiger charge is -2.07. The molecule has 2 N–H and O–H groups in total. The first-order valence-corrected chi connectivity index (χ1v) is 6.75. The number of nitrogens with one attached hydrogen (secondary N) is 1. The number of halogens is 1. The third-order valence-corrected chi connectivity index (χ3v) is 3.86. The van der Waals surface area contributed by atoms with Crippen LogP contribution in [-0.4, -0.2) is 24.5 Å². The molecule has 2 aromatic rings. The second kappa shape index (κ2) is 4.93. The Morgan fingerprint density at radius 3 is 2.75 bits per heavy atom. The van der Waals surface area contributed by atoms with Gasteiger partial charge in [-0.1, -0.05) is 0 Å². The van der Waals surface area contributed by atoms with Gasteiger partial charge in [-0.25, -0.2) is 17.6 Å². The summed E-state index contributed by atoms with van der Waals surface area (Å²) in [6.45, 7) is 1.30.